The Labute approximate surface area is 119 Å². The van der Waals surface area contributed by atoms with Crippen LogP contribution in [0, 0.1) is 0 Å². The number of carbonyl (C=O) groups is 2. The van der Waals surface area contributed by atoms with E-state index in [1.165, 1.54) is 11.2 Å². The lowest BCUT2D eigenvalue weighted by molar-refractivity contribution is -0.154. The molecule has 21 heavy (non-hydrogen) atoms. The van der Waals surface area contributed by atoms with E-state index >= 15 is 0 Å². The van der Waals surface area contributed by atoms with Gasteiger partial charge in [0.15, 0.2) is 17.6 Å². The predicted octanol–water partition coefficient (Wildman–Crippen LogP) is 0.595. The molecule has 0 saturated carbocycles. The number of carboxylic acid groups (broad SMARTS) is 1. The molecule has 0 spiro atoms. The highest BCUT2D eigenvalue weighted by molar-refractivity contribution is 5.93. The maximum Gasteiger partial charge on any atom is 0.334 e. The highest BCUT2D eigenvalue weighted by Crippen LogP contribution is 2.19. The standard InChI is InChI=1S/C13H13N3O5/c17-12(16-3-5-21-11(7-16)13(18)19)9-6-8(14-15-9)10-2-1-4-20-10/h1-2,4,6,11H,3,5,7H2,(H,14,15)(H,18,19)/t11-/m1/s1. The molecule has 2 N–H and O–H groups in total. The van der Waals surface area contributed by atoms with Crippen molar-refractivity contribution in [3.63, 3.8) is 0 Å². The van der Waals surface area contributed by atoms with Gasteiger partial charge >= 0.3 is 5.97 Å². The SMILES string of the molecule is O=C(O)[C@H]1CN(C(=O)c2cc(-c3ccco3)[nH]n2)CCO1. The molecule has 0 aromatic carbocycles. The summed E-state index contributed by atoms with van der Waals surface area (Å²) in [4.78, 5) is 24.7. The summed E-state index contributed by atoms with van der Waals surface area (Å²) in [6, 6.07) is 5.06. The molecule has 0 aliphatic carbocycles. The lowest BCUT2D eigenvalue weighted by atomic mass is 10.2. The van der Waals surface area contributed by atoms with Crippen LogP contribution in [0.15, 0.2) is 28.9 Å². The summed E-state index contributed by atoms with van der Waals surface area (Å²) in [5.41, 5.74) is 0.804. The third kappa shape index (κ3) is 2.65. The summed E-state index contributed by atoms with van der Waals surface area (Å²) in [5, 5.41) is 15.6. The number of nitrogens with zero attached hydrogens (tertiary/aromatic N) is 2. The zero-order valence-electron chi connectivity index (χ0n) is 11.0. The van der Waals surface area contributed by atoms with E-state index in [2.05, 4.69) is 10.2 Å². The minimum atomic E-state index is -1.08. The molecule has 8 heteroatoms. The zero-order chi connectivity index (χ0) is 14.8. The summed E-state index contributed by atoms with van der Waals surface area (Å²) in [6.45, 7) is 0.543. The van der Waals surface area contributed by atoms with Gasteiger partial charge in [-0.05, 0) is 12.1 Å². The molecule has 2 aromatic heterocycles. The molecule has 1 aliphatic rings. The molecular formula is C13H13N3O5. The van der Waals surface area contributed by atoms with Gasteiger partial charge in [0.25, 0.3) is 5.91 Å². The highest BCUT2D eigenvalue weighted by atomic mass is 16.5. The van der Waals surface area contributed by atoms with Crippen molar-refractivity contribution in [1.82, 2.24) is 15.1 Å². The number of amides is 1. The van der Waals surface area contributed by atoms with E-state index in [1.54, 1.807) is 18.2 Å². The zero-order valence-corrected chi connectivity index (χ0v) is 11.0. The number of furan rings is 1. The van der Waals surface area contributed by atoms with E-state index < -0.39 is 12.1 Å². The van der Waals surface area contributed by atoms with E-state index in [-0.39, 0.29) is 24.8 Å². The van der Waals surface area contributed by atoms with Gasteiger partial charge < -0.3 is 19.2 Å². The number of morpholine rings is 1. The first-order valence-electron chi connectivity index (χ1n) is 6.38. The lowest BCUT2D eigenvalue weighted by Gasteiger charge is -2.30. The Hall–Kier alpha value is -2.61. The van der Waals surface area contributed by atoms with Crippen molar-refractivity contribution in [2.75, 3.05) is 19.7 Å². The van der Waals surface area contributed by atoms with Crippen molar-refractivity contribution >= 4 is 11.9 Å². The molecule has 0 unspecified atom stereocenters. The number of carboxylic acids is 1. The topological polar surface area (TPSA) is 109 Å². The largest absolute Gasteiger partial charge is 0.479 e. The molecule has 8 nitrogen and oxygen atoms in total. The molecule has 3 heterocycles. The second-order valence-corrected chi connectivity index (χ2v) is 4.59. The number of nitrogens with one attached hydrogen (secondary N) is 1. The van der Waals surface area contributed by atoms with Gasteiger partial charge in [-0.2, -0.15) is 5.10 Å². The smallest absolute Gasteiger partial charge is 0.334 e. The van der Waals surface area contributed by atoms with Crippen LogP contribution in [0.1, 0.15) is 10.5 Å². The summed E-state index contributed by atoms with van der Waals surface area (Å²) < 4.78 is 10.3. The lowest BCUT2D eigenvalue weighted by Crippen LogP contribution is -2.48. The number of rotatable bonds is 3. The van der Waals surface area contributed by atoms with Crippen LogP contribution in [0.4, 0.5) is 0 Å². The van der Waals surface area contributed by atoms with E-state index in [0.29, 0.717) is 18.0 Å². The summed E-state index contributed by atoms with van der Waals surface area (Å²) in [7, 11) is 0. The van der Waals surface area contributed by atoms with E-state index in [1.807, 2.05) is 0 Å². The number of H-pyrrole nitrogens is 1. The van der Waals surface area contributed by atoms with Crippen LogP contribution < -0.4 is 0 Å². The first-order valence-corrected chi connectivity index (χ1v) is 6.38. The molecule has 1 amide bonds. The van der Waals surface area contributed by atoms with Crippen molar-refractivity contribution < 1.29 is 23.8 Å². The molecule has 110 valence electrons. The third-order valence-electron chi connectivity index (χ3n) is 3.21. The van der Waals surface area contributed by atoms with Crippen molar-refractivity contribution in [2.45, 2.75) is 6.10 Å². The first-order chi connectivity index (χ1) is 10.1. The third-order valence-corrected chi connectivity index (χ3v) is 3.21. The van der Waals surface area contributed by atoms with Crippen LogP contribution in [-0.2, 0) is 9.53 Å². The molecule has 0 radical (unpaired) electrons. The number of aromatic nitrogens is 2. The fourth-order valence-electron chi connectivity index (χ4n) is 2.13. The van der Waals surface area contributed by atoms with Crippen LogP contribution in [-0.4, -0.2) is 57.9 Å². The van der Waals surface area contributed by atoms with E-state index in [0.717, 1.165) is 0 Å². The van der Waals surface area contributed by atoms with Crippen LogP contribution in [0.3, 0.4) is 0 Å². The van der Waals surface area contributed by atoms with Gasteiger partial charge in [0.05, 0.1) is 19.4 Å². The second-order valence-electron chi connectivity index (χ2n) is 4.59. The Morgan fingerprint density at radius 1 is 1.48 bits per heavy atom. The molecule has 1 saturated heterocycles. The van der Waals surface area contributed by atoms with Crippen molar-refractivity contribution in [3.8, 4) is 11.5 Å². The maximum atomic E-state index is 12.3. The maximum absolute atomic E-state index is 12.3. The van der Waals surface area contributed by atoms with Crippen molar-refractivity contribution in [2.24, 2.45) is 0 Å². The van der Waals surface area contributed by atoms with Gasteiger partial charge in [-0.25, -0.2) is 4.79 Å². The quantitative estimate of drug-likeness (QED) is 0.857. The second kappa shape index (κ2) is 5.41. The van der Waals surface area contributed by atoms with Gasteiger partial charge in [0.2, 0.25) is 0 Å². The number of ether oxygens (including phenoxy) is 1. The highest BCUT2D eigenvalue weighted by Gasteiger charge is 2.30. The van der Waals surface area contributed by atoms with Crippen LogP contribution >= 0.6 is 0 Å². The van der Waals surface area contributed by atoms with Gasteiger partial charge in [0.1, 0.15) is 5.69 Å². The Balaban J connectivity index is 1.74. The van der Waals surface area contributed by atoms with Gasteiger partial charge in [-0.1, -0.05) is 0 Å². The Bertz CT molecular complexity index is 649. The van der Waals surface area contributed by atoms with E-state index in [4.69, 9.17) is 14.3 Å². The molecule has 1 aliphatic heterocycles. The molecular weight excluding hydrogens is 278 g/mol. The monoisotopic (exact) mass is 291 g/mol. The average molecular weight is 291 g/mol. The molecule has 0 bridgehead atoms. The molecule has 2 aromatic rings. The van der Waals surface area contributed by atoms with Crippen LogP contribution in [0.2, 0.25) is 0 Å². The molecule has 1 atom stereocenters. The van der Waals surface area contributed by atoms with Crippen LogP contribution in [0.25, 0.3) is 11.5 Å². The first kappa shape index (κ1) is 13.4. The minimum Gasteiger partial charge on any atom is -0.479 e. The molecule has 3 rings (SSSR count). The fraction of sp³-hybridized carbons (Fsp3) is 0.308. The number of hydrogen-bond acceptors (Lipinski definition) is 5. The number of aromatic amines is 1. The van der Waals surface area contributed by atoms with Gasteiger partial charge in [-0.15, -0.1) is 0 Å². The Morgan fingerprint density at radius 2 is 2.33 bits per heavy atom. The average Bonchev–Trinajstić information content (AvgIpc) is 3.17. The van der Waals surface area contributed by atoms with Gasteiger partial charge in [0, 0.05) is 12.6 Å². The predicted molar refractivity (Wildman–Crippen MR) is 69.6 cm³/mol. The number of hydrogen-bond donors (Lipinski definition) is 2. The number of carbonyl (C=O) groups excluding carboxylic acids is 1. The minimum absolute atomic E-state index is 0.0110. The summed E-state index contributed by atoms with van der Waals surface area (Å²) in [6.07, 6.45) is 0.531. The van der Waals surface area contributed by atoms with Crippen LogP contribution in [0.5, 0.6) is 0 Å². The summed E-state index contributed by atoms with van der Waals surface area (Å²) in [5.74, 6) is -0.837. The fourth-order valence-corrected chi connectivity index (χ4v) is 2.13. The summed E-state index contributed by atoms with van der Waals surface area (Å²) >= 11 is 0. The van der Waals surface area contributed by atoms with Gasteiger partial charge in [-0.3, -0.25) is 9.89 Å². The van der Waals surface area contributed by atoms with Crippen molar-refractivity contribution in [1.29, 1.82) is 0 Å². The number of aliphatic carboxylic acids is 1. The normalized spacial score (nSPS) is 18.7. The Kier molecular flexibility index (Phi) is 3.44. The van der Waals surface area contributed by atoms with E-state index in [9.17, 15) is 9.59 Å². The molecule has 1 fully saturated rings. The Morgan fingerprint density at radius 3 is 3.05 bits per heavy atom. The van der Waals surface area contributed by atoms with Crippen molar-refractivity contribution in [3.05, 3.63) is 30.2 Å².